The number of carboxylic acids is 1. The van der Waals surface area contributed by atoms with Gasteiger partial charge in [-0.25, -0.2) is 4.79 Å². The first kappa shape index (κ1) is 14.6. The molecular formula is C11H11ClF3NO2. The second-order valence-corrected chi connectivity index (χ2v) is 4.16. The average molecular weight is 282 g/mol. The Kier molecular flexibility index (Phi) is 4.45. The molecule has 0 saturated carbocycles. The predicted octanol–water partition coefficient (Wildman–Crippen LogP) is 3.43. The third kappa shape index (κ3) is 4.10. The van der Waals surface area contributed by atoms with Gasteiger partial charge < -0.3 is 10.0 Å². The molecule has 1 rings (SSSR count). The van der Waals surface area contributed by atoms with Crippen molar-refractivity contribution in [2.45, 2.75) is 12.6 Å². The molecule has 0 atom stereocenters. The van der Waals surface area contributed by atoms with Crippen LogP contribution in [0.4, 0.5) is 18.9 Å². The molecule has 0 aliphatic rings. The molecule has 0 aliphatic carbocycles. The highest BCUT2D eigenvalue weighted by Crippen LogP contribution is 2.25. The van der Waals surface area contributed by atoms with Crippen LogP contribution >= 0.6 is 11.6 Å². The normalized spacial score (nSPS) is 11.4. The quantitative estimate of drug-likeness (QED) is 0.919. The lowest BCUT2D eigenvalue weighted by Gasteiger charge is -2.20. The lowest BCUT2D eigenvalue weighted by atomic mass is 10.2. The van der Waals surface area contributed by atoms with Crippen LogP contribution in [0.25, 0.3) is 0 Å². The van der Waals surface area contributed by atoms with Gasteiger partial charge >= 0.3 is 12.1 Å². The Hall–Kier alpha value is -1.43. The van der Waals surface area contributed by atoms with Gasteiger partial charge in [-0.2, -0.15) is 13.2 Å². The number of nitrogens with zero attached hydrogens (tertiary/aromatic N) is 1. The summed E-state index contributed by atoms with van der Waals surface area (Å²) in [6, 6.07) is 4.02. The first-order valence-corrected chi connectivity index (χ1v) is 5.39. The van der Waals surface area contributed by atoms with E-state index in [-0.39, 0.29) is 17.1 Å². The van der Waals surface area contributed by atoms with Crippen molar-refractivity contribution in [3.63, 3.8) is 0 Å². The Morgan fingerprint density at radius 3 is 2.50 bits per heavy atom. The number of anilines is 1. The molecule has 0 aliphatic heterocycles. The van der Waals surface area contributed by atoms with E-state index >= 15 is 0 Å². The second-order valence-electron chi connectivity index (χ2n) is 3.76. The molecular weight excluding hydrogens is 271 g/mol. The standard InChI is InChI=1S/C11H11ClF3NO2/c1-16(5-4-11(13,14)15)7-2-3-8(10(17)18)9(12)6-7/h2-3,6H,4-5H2,1H3,(H,17,18). The minimum Gasteiger partial charge on any atom is -0.478 e. The molecule has 0 bridgehead atoms. The SMILES string of the molecule is CN(CCC(F)(F)F)c1ccc(C(=O)O)c(Cl)c1. The molecule has 0 spiro atoms. The van der Waals surface area contributed by atoms with Crippen molar-refractivity contribution in [1.82, 2.24) is 0 Å². The number of hydrogen-bond donors (Lipinski definition) is 1. The summed E-state index contributed by atoms with van der Waals surface area (Å²) in [7, 11) is 1.48. The minimum absolute atomic E-state index is 0.00106. The molecule has 0 fully saturated rings. The van der Waals surface area contributed by atoms with Crippen LogP contribution in [0.2, 0.25) is 5.02 Å². The Bertz CT molecular complexity index is 448. The van der Waals surface area contributed by atoms with Gasteiger partial charge in [0.05, 0.1) is 17.0 Å². The van der Waals surface area contributed by atoms with Gasteiger partial charge in [-0.15, -0.1) is 0 Å². The third-order valence-corrected chi connectivity index (χ3v) is 2.67. The molecule has 3 nitrogen and oxygen atoms in total. The fraction of sp³-hybridized carbons (Fsp3) is 0.364. The number of carboxylic acid groups (broad SMARTS) is 1. The zero-order valence-electron chi connectivity index (χ0n) is 9.46. The summed E-state index contributed by atoms with van der Waals surface area (Å²) in [5.41, 5.74) is 0.360. The molecule has 0 saturated heterocycles. The molecule has 0 heterocycles. The lowest BCUT2D eigenvalue weighted by Crippen LogP contribution is -2.24. The van der Waals surface area contributed by atoms with Crippen molar-refractivity contribution in [2.24, 2.45) is 0 Å². The average Bonchev–Trinajstić information content (AvgIpc) is 2.24. The van der Waals surface area contributed by atoms with Crippen LogP contribution in [0.1, 0.15) is 16.8 Å². The molecule has 1 aromatic rings. The van der Waals surface area contributed by atoms with Gasteiger partial charge in [-0.3, -0.25) is 0 Å². The monoisotopic (exact) mass is 281 g/mol. The smallest absolute Gasteiger partial charge is 0.390 e. The highest BCUT2D eigenvalue weighted by atomic mass is 35.5. The number of aromatic carboxylic acids is 1. The van der Waals surface area contributed by atoms with Crippen LogP contribution in [0, 0.1) is 0 Å². The van der Waals surface area contributed by atoms with E-state index in [4.69, 9.17) is 16.7 Å². The zero-order chi connectivity index (χ0) is 13.9. The molecule has 1 aromatic carbocycles. The van der Waals surface area contributed by atoms with E-state index in [2.05, 4.69) is 0 Å². The summed E-state index contributed by atoms with van der Waals surface area (Å²) in [5.74, 6) is -1.18. The number of carbonyl (C=O) groups is 1. The van der Waals surface area contributed by atoms with Gasteiger partial charge in [-0.1, -0.05) is 11.6 Å². The van der Waals surface area contributed by atoms with Crippen molar-refractivity contribution in [1.29, 1.82) is 0 Å². The van der Waals surface area contributed by atoms with E-state index in [0.29, 0.717) is 5.69 Å². The highest BCUT2D eigenvalue weighted by Gasteiger charge is 2.27. The van der Waals surface area contributed by atoms with Crippen LogP contribution in [-0.4, -0.2) is 30.8 Å². The summed E-state index contributed by atoms with van der Waals surface area (Å²) in [5, 5.41) is 8.76. The Morgan fingerprint density at radius 1 is 1.44 bits per heavy atom. The number of alkyl halides is 3. The largest absolute Gasteiger partial charge is 0.478 e. The van der Waals surface area contributed by atoms with Gasteiger partial charge in [0.25, 0.3) is 0 Å². The van der Waals surface area contributed by atoms with Crippen LogP contribution in [0.3, 0.4) is 0 Å². The van der Waals surface area contributed by atoms with Crippen molar-refractivity contribution in [3.05, 3.63) is 28.8 Å². The number of halogens is 4. The van der Waals surface area contributed by atoms with Crippen LogP contribution < -0.4 is 4.90 Å². The van der Waals surface area contributed by atoms with Gasteiger partial charge in [-0.05, 0) is 18.2 Å². The Balaban J connectivity index is 2.78. The van der Waals surface area contributed by atoms with Crippen LogP contribution in [0.15, 0.2) is 18.2 Å². The minimum atomic E-state index is -4.22. The van der Waals surface area contributed by atoms with Crippen molar-refractivity contribution in [3.8, 4) is 0 Å². The predicted molar refractivity (Wildman–Crippen MR) is 62.4 cm³/mol. The third-order valence-electron chi connectivity index (χ3n) is 2.35. The molecule has 0 unspecified atom stereocenters. The van der Waals surface area contributed by atoms with Crippen molar-refractivity contribution in [2.75, 3.05) is 18.5 Å². The number of rotatable bonds is 4. The Labute approximate surface area is 107 Å². The summed E-state index contributed by atoms with van der Waals surface area (Å²) in [6.45, 7) is -0.216. The molecule has 1 N–H and O–H groups in total. The fourth-order valence-corrected chi connectivity index (χ4v) is 1.59. The summed E-state index contributed by atoms with van der Waals surface area (Å²) in [6.07, 6.45) is -5.17. The number of hydrogen-bond acceptors (Lipinski definition) is 2. The maximum atomic E-state index is 12.1. The van der Waals surface area contributed by atoms with Gasteiger partial charge in [0.15, 0.2) is 0 Å². The lowest BCUT2D eigenvalue weighted by molar-refractivity contribution is -0.132. The Morgan fingerprint density at radius 2 is 2.06 bits per heavy atom. The molecule has 0 aromatic heterocycles. The molecule has 0 radical (unpaired) electrons. The summed E-state index contributed by atoms with van der Waals surface area (Å²) < 4.78 is 36.2. The van der Waals surface area contributed by atoms with Gasteiger partial charge in [0.1, 0.15) is 0 Å². The zero-order valence-corrected chi connectivity index (χ0v) is 10.2. The summed E-state index contributed by atoms with van der Waals surface area (Å²) >= 11 is 5.73. The van der Waals surface area contributed by atoms with E-state index in [0.717, 1.165) is 0 Å². The second kappa shape index (κ2) is 5.48. The highest BCUT2D eigenvalue weighted by molar-refractivity contribution is 6.33. The van der Waals surface area contributed by atoms with E-state index in [1.54, 1.807) is 0 Å². The van der Waals surface area contributed by atoms with Gasteiger partial charge in [0, 0.05) is 19.3 Å². The maximum absolute atomic E-state index is 12.1. The molecule has 0 amide bonds. The van der Waals surface area contributed by atoms with E-state index in [9.17, 15) is 18.0 Å². The fourth-order valence-electron chi connectivity index (χ4n) is 1.34. The van der Waals surface area contributed by atoms with Crippen LogP contribution in [-0.2, 0) is 0 Å². The maximum Gasteiger partial charge on any atom is 0.390 e. The van der Waals surface area contributed by atoms with Crippen molar-refractivity contribution < 1.29 is 23.1 Å². The molecule has 7 heteroatoms. The number of benzene rings is 1. The van der Waals surface area contributed by atoms with E-state index in [1.165, 1.54) is 30.1 Å². The first-order valence-electron chi connectivity index (χ1n) is 5.01. The van der Waals surface area contributed by atoms with E-state index < -0.39 is 18.6 Å². The topological polar surface area (TPSA) is 40.5 Å². The first-order chi connectivity index (χ1) is 8.20. The summed E-state index contributed by atoms with van der Waals surface area (Å²) in [4.78, 5) is 12.1. The van der Waals surface area contributed by atoms with Crippen LogP contribution in [0.5, 0.6) is 0 Å². The molecule has 100 valence electrons. The molecule has 18 heavy (non-hydrogen) atoms. The van der Waals surface area contributed by atoms with Gasteiger partial charge in [0.2, 0.25) is 0 Å². The van der Waals surface area contributed by atoms with Crippen molar-refractivity contribution >= 4 is 23.3 Å². The van der Waals surface area contributed by atoms with E-state index in [1.807, 2.05) is 0 Å².